The Morgan fingerprint density at radius 1 is 1.32 bits per heavy atom. The summed E-state index contributed by atoms with van der Waals surface area (Å²) in [6, 6.07) is 5.15. The minimum absolute atomic E-state index is 0. The number of nitrogens with one attached hydrogen (secondary N) is 3. The van der Waals surface area contributed by atoms with E-state index in [1.807, 2.05) is 6.20 Å². The lowest BCUT2D eigenvalue weighted by molar-refractivity contribution is -0.130. The van der Waals surface area contributed by atoms with Gasteiger partial charge >= 0.3 is 0 Å². The minimum atomic E-state index is -0.222. The lowest BCUT2D eigenvalue weighted by atomic mass is 10.1. The van der Waals surface area contributed by atoms with Gasteiger partial charge in [0.1, 0.15) is 5.82 Å². The number of rotatable bonds is 7. The minimum Gasteiger partial charge on any atom is -0.361 e. The van der Waals surface area contributed by atoms with Crippen molar-refractivity contribution in [1.29, 1.82) is 0 Å². The molecule has 1 aromatic heterocycles. The van der Waals surface area contributed by atoms with Crippen LogP contribution in [0.4, 0.5) is 4.39 Å². The Morgan fingerprint density at radius 2 is 2.06 bits per heavy atom. The third-order valence-electron chi connectivity index (χ3n) is 5.51. The molecule has 2 heterocycles. The van der Waals surface area contributed by atoms with E-state index < -0.39 is 0 Å². The molecule has 31 heavy (non-hydrogen) atoms. The summed E-state index contributed by atoms with van der Waals surface area (Å²) in [7, 11) is 3.59. The topological polar surface area (TPSA) is 75.8 Å². The lowest BCUT2D eigenvalue weighted by Gasteiger charge is -2.33. The summed E-state index contributed by atoms with van der Waals surface area (Å²) in [4.78, 5) is 23.6. The fourth-order valence-electron chi connectivity index (χ4n) is 3.73. The summed E-state index contributed by atoms with van der Waals surface area (Å²) in [6.07, 6.45) is 4.63. The van der Waals surface area contributed by atoms with Gasteiger partial charge in [0, 0.05) is 63.4 Å². The number of H-pyrrole nitrogens is 1. The van der Waals surface area contributed by atoms with Gasteiger partial charge < -0.3 is 20.5 Å². The standard InChI is InChI=1S/C22H33FN6O.HI/c1-4-24-22(27-18-8-11-29(12-9-18)15-21(30)28(2)3)25-10-7-16-14-26-20-6-5-17(23)13-19(16)20;/h5-6,13-14,18,26H,4,7-12,15H2,1-3H3,(H2,24,25,27);1H. The Balaban J connectivity index is 0.00000341. The van der Waals surface area contributed by atoms with E-state index in [-0.39, 0.29) is 35.7 Å². The Kier molecular flexibility index (Phi) is 10.0. The van der Waals surface area contributed by atoms with Gasteiger partial charge in [-0.2, -0.15) is 0 Å². The molecule has 1 fully saturated rings. The van der Waals surface area contributed by atoms with E-state index in [0.29, 0.717) is 19.1 Å². The fraction of sp³-hybridized carbons (Fsp3) is 0.545. The number of fused-ring (bicyclic) bond motifs is 1. The average Bonchev–Trinajstić information content (AvgIpc) is 3.11. The molecular weight excluding hydrogens is 510 g/mol. The van der Waals surface area contributed by atoms with Crippen molar-refractivity contribution in [3.63, 3.8) is 0 Å². The molecule has 3 rings (SSSR count). The van der Waals surface area contributed by atoms with Gasteiger partial charge in [-0.3, -0.25) is 14.7 Å². The normalized spacial score (nSPS) is 15.5. The van der Waals surface area contributed by atoms with Gasteiger partial charge in [-0.05, 0) is 49.9 Å². The molecule has 0 saturated carbocycles. The number of likely N-dealkylation sites (tertiary alicyclic amines) is 1. The molecule has 1 saturated heterocycles. The van der Waals surface area contributed by atoms with Gasteiger partial charge in [0.05, 0.1) is 6.54 Å². The van der Waals surface area contributed by atoms with Crippen LogP contribution in [0.1, 0.15) is 25.3 Å². The van der Waals surface area contributed by atoms with E-state index in [2.05, 4.69) is 27.4 Å². The van der Waals surface area contributed by atoms with Crippen LogP contribution in [0.15, 0.2) is 29.4 Å². The second kappa shape index (κ2) is 12.2. The number of halogens is 2. The monoisotopic (exact) mass is 544 g/mol. The van der Waals surface area contributed by atoms with Gasteiger partial charge in [-0.25, -0.2) is 4.39 Å². The van der Waals surface area contributed by atoms with Gasteiger partial charge in [0.15, 0.2) is 5.96 Å². The number of likely N-dealkylation sites (N-methyl/N-ethyl adjacent to an activating group) is 1. The SMILES string of the molecule is CCNC(=NCCc1c[nH]c2ccc(F)cc12)NC1CCN(CC(=O)N(C)C)CC1.I. The number of hydrogen-bond acceptors (Lipinski definition) is 3. The zero-order valence-corrected chi connectivity index (χ0v) is 20.9. The van der Waals surface area contributed by atoms with E-state index in [1.165, 1.54) is 6.07 Å². The molecule has 7 nitrogen and oxygen atoms in total. The summed E-state index contributed by atoms with van der Waals surface area (Å²) < 4.78 is 13.6. The number of aromatic nitrogens is 1. The van der Waals surface area contributed by atoms with E-state index in [0.717, 1.165) is 61.3 Å². The van der Waals surface area contributed by atoms with Crippen molar-refractivity contribution in [2.45, 2.75) is 32.2 Å². The molecule has 0 atom stereocenters. The Hall–Kier alpha value is -1.88. The number of aromatic amines is 1. The Labute approximate surface area is 200 Å². The first-order valence-corrected chi connectivity index (χ1v) is 10.7. The molecule has 1 aromatic carbocycles. The van der Waals surface area contributed by atoms with Crippen molar-refractivity contribution in [3.05, 3.63) is 35.8 Å². The predicted octanol–water partition coefficient (Wildman–Crippen LogP) is 2.58. The number of hydrogen-bond donors (Lipinski definition) is 3. The fourth-order valence-corrected chi connectivity index (χ4v) is 3.73. The highest BCUT2D eigenvalue weighted by molar-refractivity contribution is 14.0. The number of piperidine rings is 1. The van der Waals surface area contributed by atoms with E-state index >= 15 is 0 Å². The van der Waals surface area contributed by atoms with Crippen LogP contribution in [0.2, 0.25) is 0 Å². The predicted molar refractivity (Wildman–Crippen MR) is 135 cm³/mol. The second-order valence-electron chi connectivity index (χ2n) is 8.00. The number of nitrogens with zero attached hydrogens (tertiary/aromatic N) is 3. The Bertz CT molecular complexity index is 876. The van der Waals surface area contributed by atoms with Crippen LogP contribution in [0, 0.1) is 5.82 Å². The van der Waals surface area contributed by atoms with Crippen molar-refractivity contribution in [2.24, 2.45) is 4.99 Å². The quantitative estimate of drug-likeness (QED) is 0.285. The van der Waals surface area contributed by atoms with Crippen molar-refractivity contribution < 1.29 is 9.18 Å². The molecule has 172 valence electrons. The molecular formula is C22H34FIN6O. The molecule has 0 bridgehead atoms. The zero-order valence-electron chi connectivity index (χ0n) is 18.6. The summed E-state index contributed by atoms with van der Waals surface area (Å²) in [5.41, 5.74) is 2.02. The molecule has 0 unspecified atom stereocenters. The summed E-state index contributed by atoms with van der Waals surface area (Å²) in [5.74, 6) is 0.736. The second-order valence-corrected chi connectivity index (χ2v) is 8.00. The first-order chi connectivity index (χ1) is 14.5. The lowest BCUT2D eigenvalue weighted by Crippen LogP contribution is -2.50. The zero-order chi connectivity index (χ0) is 21.5. The van der Waals surface area contributed by atoms with Crippen molar-refractivity contribution >= 4 is 46.7 Å². The summed E-state index contributed by atoms with van der Waals surface area (Å²) in [5, 5.41) is 7.76. The summed E-state index contributed by atoms with van der Waals surface area (Å²) in [6.45, 7) is 5.75. The van der Waals surface area contributed by atoms with Gasteiger partial charge in [-0.1, -0.05) is 0 Å². The number of amides is 1. The maximum Gasteiger partial charge on any atom is 0.236 e. The highest BCUT2D eigenvalue weighted by atomic mass is 127. The van der Waals surface area contributed by atoms with Crippen LogP contribution in [0.25, 0.3) is 10.9 Å². The van der Waals surface area contributed by atoms with E-state index in [9.17, 15) is 9.18 Å². The smallest absolute Gasteiger partial charge is 0.236 e. The number of benzene rings is 1. The number of carbonyl (C=O) groups is 1. The first-order valence-electron chi connectivity index (χ1n) is 10.7. The largest absolute Gasteiger partial charge is 0.361 e. The van der Waals surface area contributed by atoms with Crippen LogP contribution in [0.3, 0.4) is 0 Å². The van der Waals surface area contributed by atoms with E-state index in [1.54, 1.807) is 31.1 Å². The molecule has 0 aliphatic carbocycles. The van der Waals surface area contributed by atoms with Gasteiger partial charge in [0.25, 0.3) is 0 Å². The highest BCUT2D eigenvalue weighted by Crippen LogP contribution is 2.19. The van der Waals surface area contributed by atoms with Crippen LogP contribution < -0.4 is 10.6 Å². The number of aliphatic imine (C=N–C) groups is 1. The van der Waals surface area contributed by atoms with Crippen molar-refractivity contribution in [2.75, 3.05) is 46.8 Å². The third kappa shape index (κ3) is 7.34. The molecule has 1 aliphatic heterocycles. The van der Waals surface area contributed by atoms with Crippen molar-refractivity contribution in [1.82, 2.24) is 25.4 Å². The van der Waals surface area contributed by atoms with E-state index in [4.69, 9.17) is 4.99 Å². The maximum atomic E-state index is 13.6. The third-order valence-corrected chi connectivity index (χ3v) is 5.51. The molecule has 1 amide bonds. The molecule has 0 radical (unpaired) electrons. The average molecular weight is 544 g/mol. The van der Waals surface area contributed by atoms with Crippen molar-refractivity contribution in [3.8, 4) is 0 Å². The first kappa shape index (κ1) is 25.4. The molecule has 9 heteroatoms. The Morgan fingerprint density at radius 3 is 2.74 bits per heavy atom. The van der Waals surface area contributed by atoms with Crippen LogP contribution in [-0.4, -0.2) is 79.5 Å². The summed E-state index contributed by atoms with van der Waals surface area (Å²) >= 11 is 0. The maximum absolute atomic E-state index is 13.6. The molecule has 1 aliphatic rings. The van der Waals surface area contributed by atoms with Crippen LogP contribution >= 0.6 is 24.0 Å². The number of carbonyl (C=O) groups excluding carboxylic acids is 1. The highest BCUT2D eigenvalue weighted by Gasteiger charge is 2.22. The van der Waals surface area contributed by atoms with Gasteiger partial charge in [-0.15, -0.1) is 24.0 Å². The van der Waals surface area contributed by atoms with Gasteiger partial charge in [0.2, 0.25) is 5.91 Å². The molecule has 3 N–H and O–H groups in total. The van der Waals surface area contributed by atoms with Crippen LogP contribution in [0.5, 0.6) is 0 Å². The molecule has 0 spiro atoms. The molecule has 2 aromatic rings. The van der Waals surface area contributed by atoms with Crippen LogP contribution in [-0.2, 0) is 11.2 Å². The number of guanidine groups is 1.